The quantitative estimate of drug-likeness (QED) is 0.829. The Hall–Kier alpha value is -3.29. The van der Waals surface area contributed by atoms with E-state index >= 15 is 0 Å². The second-order valence-corrected chi connectivity index (χ2v) is 7.66. The molecule has 3 atom stereocenters. The third-order valence-electron chi connectivity index (χ3n) is 5.96. The summed E-state index contributed by atoms with van der Waals surface area (Å²) in [5.74, 6) is -3.43. The van der Waals surface area contributed by atoms with E-state index in [1.54, 1.807) is 29.2 Å². The first kappa shape index (κ1) is 17.8. The standard InChI is InChI=1S/C21H18FN3O4/c22-13-7-8-15-16(17(13)24-9-3-4-11(10-24)21(28)29)18(26)19-23-14-6-2-1-5-12(14)20(27)25(15)19/h1-2,5-8,11-12,14H,3-4,9-10H2,(H,28,29)/t11?,12-,14?/m0/s1. The van der Waals surface area contributed by atoms with Gasteiger partial charge in [0.15, 0.2) is 5.84 Å². The van der Waals surface area contributed by atoms with Crippen molar-refractivity contribution in [1.29, 1.82) is 0 Å². The smallest absolute Gasteiger partial charge is 0.308 e. The Morgan fingerprint density at radius 3 is 2.79 bits per heavy atom. The van der Waals surface area contributed by atoms with Crippen molar-refractivity contribution in [3.05, 3.63) is 47.8 Å². The van der Waals surface area contributed by atoms with E-state index in [0.717, 1.165) is 0 Å². The average molecular weight is 395 g/mol. The molecule has 2 unspecified atom stereocenters. The van der Waals surface area contributed by atoms with Crippen molar-refractivity contribution in [3.63, 3.8) is 0 Å². The molecule has 0 radical (unpaired) electrons. The highest BCUT2D eigenvalue weighted by atomic mass is 19.1. The number of ketones is 1. The van der Waals surface area contributed by atoms with Crippen LogP contribution in [0.5, 0.6) is 0 Å². The summed E-state index contributed by atoms with van der Waals surface area (Å²) in [6, 6.07) is 2.20. The first-order chi connectivity index (χ1) is 14.0. The molecule has 0 aromatic heterocycles. The number of aliphatic carboxylic acids is 1. The van der Waals surface area contributed by atoms with E-state index in [2.05, 4.69) is 4.99 Å². The Bertz CT molecular complexity index is 1040. The van der Waals surface area contributed by atoms with Crippen LogP contribution in [0.1, 0.15) is 23.2 Å². The van der Waals surface area contributed by atoms with Crippen molar-refractivity contribution in [2.24, 2.45) is 16.8 Å². The van der Waals surface area contributed by atoms with Crippen molar-refractivity contribution < 1.29 is 23.9 Å². The lowest BCUT2D eigenvalue weighted by atomic mass is 9.92. The Labute approximate surface area is 165 Å². The van der Waals surface area contributed by atoms with Crippen LogP contribution in [0.25, 0.3) is 0 Å². The average Bonchev–Trinajstić information content (AvgIpc) is 3.00. The molecule has 4 aliphatic rings. The third-order valence-corrected chi connectivity index (χ3v) is 5.96. The number of carboxylic acid groups (broad SMARTS) is 1. The van der Waals surface area contributed by atoms with Gasteiger partial charge in [-0.1, -0.05) is 24.3 Å². The van der Waals surface area contributed by atoms with Gasteiger partial charge in [-0.25, -0.2) is 4.39 Å². The summed E-state index contributed by atoms with van der Waals surface area (Å²) in [4.78, 5) is 45.1. The van der Waals surface area contributed by atoms with Crippen molar-refractivity contribution in [1.82, 2.24) is 0 Å². The zero-order chi connectivity index (χ0) is 20.3. The maximum atomic E-state index is 14.9. The number of hydrogen-bond acceptors (Lipinski definition) is 5. The van der Waals surface area contributed by atoms with E-state index in [4.69, 9.17) is 0 Å². The van der Waals surface area contributed by atoms with E-state index in [1.807, 2.05) is 0 Å². The lowest BCUT2D eigenvalue weighted by Crippen LogP contribution is -2.48. The number of carboxylic acids is 1. The molecule has 1 aliphatic carbocycles. The third kappa shape index (κ3) is 2.55. The summed E-state index contributed by atoms with van der Waals surface area (Å²) in [7, 11) is 0. The zero-order valence-electron chi connectivity index (χ0n) is 15.4. The van der Waals surface area contributed by atoms with Crippen LogP contribution >= 0.6 is 0 Å². The first-order valence-electron chi connectivity index (χ1n) is 9.59. The van der Waals surface area contributed by atoms with Crippen LogP contribution in [0.3, 0.4) is 0 Å². The monoisotopic (exact) mass is 395 g/mol. The molecule has 1 N–H and O–H groups in total. The number of carbonyl (C=O) groups is 3. The maximum absolute atomic E-state index is 14.9. The highest BCUT2D eigenvalue weighted by Gasteiger charge is 2.48. The van der Waals surface area contributed by atoms with E-state index in [-0.39, 0.29) is 29.5 Å². The molecule has 3 aliphatic heterocycles. The fourth-order valence-corrected chi connectivity index (χ4v) is 4.56. The van der Waals surface area contributed by atoms with Crippen LogP contribution in [0.2, 0.25) is 0 Å². The predicted octanol–water partition coefficient (Wildman–Crippen LogP) is 2.18. The number of amidine groups is 1. The number of anilines is 2. The van der Waals surface area contributed by atoms with Gasteiger partial charge in [-0.05, 0) is 25.0 Å². The summed E-state index contributed by atoms with van der Waals surface area (Å²) in [6.45, 7) is 0.564. The van der Waals surface area contributed by atoms with Crippen LogP contribution in [0.4, 0.5) is 15.8 Å². The van der Waals surface area contributed by atoms with Crippen molar-refractivity contribution in [2.75, 3.05) is 22.9 Å². The van der Waals surface area contributed by atoms with E-state index < -0.39 is 35.4 Å². The molecule has 1 saturated heterocycles. The minimum absolute atomic E-state index is 0.00449. The first-order valence-corrected chi connectivity index (χ1v) is 9.59. The summed E-state index contributed by atoms with van der Waals surface area (Å²) in [5.41, 5.74) is 0.473. The Balaban J connectivity index is 1.62. The van der Waals surface area contributed by atoms with Gasteiger partial charge in [0.2, 0.25) is 11.7 Å². The minimum atomic E-state index is -0.936. The number of piperidine rings is 1. The molecule has 1 fully saturated rings. The topological polar surface area (TPSA) is 90.3 Å². The van der Waals surface area contributed by atoms with Crippen LogP contribution in [0, 0.1) is 17.7 Å². The molecule has 29 heavy (non-hydrogen) atoms. The normalized spacial score (nSPS) is 27.5. The van der Waals surface area contributed by atoms with Gasteiger partial charge >= 0.3 is 5.97 Å². The summed E-state index contributed by atoms with van der Waals surface area (Å²) in [6.07, 6.45) is 8.17. The number of Topliss-reactive ketones (excluding diaryl/α,β-unsaturated/α-hetero) is 1. The molecule has 3 heterocycles. The maximum Gasteiger partial charge on any atom is 0.308 e. The van der Waals surface area contributed by atoms with Crippen LogP contribution in [0.15, 0.2) is 41.4 Å². The number of hydrogen-bond donors (Lipinski definition) is 1. The number of rotatable bonds is 2. The van der Waals surface area contributed by atoms with Crippen LogP contribution in [-0.2, 0) is 9.59 Å². The van der Waals surface area contributed by atoms with E-state index in [0.29, 0.717) is 25.1 Å². The number of amides is 1. The van der Waals surface area contributed by atoms with E-state index in [1.165, 1.54) is 17.0 Å². The van der Waals surface area contributed by atoms with Gasteiger partial charge in [-0.2, -0.15) is 0 Å². The largest absolute Gasteiger partial charge is 0.481 e. The molecule has 1 amide bonds. The molecule has 1 aromatic carbocycles. The molecule has 0 spiro atoms. The van der Waals surface area contributed by atoms with Crippen LogP contribution in [-0.4, -0.2) is 47.7 Å². The Morgan fingerprint density at radius 2 is 2.00 bits per heavy atom. The number of carbonyl (C=O) groups excluding carboxylic acids is 2. The highest BCUT2D eigenvalue weighted by Crippen LogP contribution is 2.42. The molecule has 8 heteroatoms. The second kappa shape index (κ2) is 6.37. The summed E-state index contributed by atoms with van der Waals surface area (Å²) in [5, 5.41) is 9.37. The molecule has 7 nitrogen and oxygen atoms in total. The van der Waals surface area contributed by atoms with Gasteiger partial charge in [0, 0.05) is 13.1 Å². The highest BCUT2D eigenvalue weighted by molar-refractivity contribution is 6.59. The van der Waals surface area contributed by atoms with Crippen molar-refractivity contribution in [3.8, 4) is 0 Å². The Kier molecular flexibility index (Phi) is 3.90. The minimum Gasteiger partial charge on any atom is -0.481 e. The lowest BCUT2D eigenvalue weighted by molar-refractivity contribution is -0.142. The number of halogens is 1. The van der Waals surface area contributed by atoms with Gasteiger partial charge < -0.3 is 10.0 Å². The summed E-state index contributed by atoms with van der Waals surface area (Å²) < 4.78 is 14.9. The van der Waals surface area contributed by atoms with E-state index in [9.17, 15) is 23.9 Å². The van der Waals surface area contributed by atoms with Gasteiger partial charge in [-0.15, -0.1) is 0 Å². The van der Waals surface area contributed by atoms with Gasteiger partial charge in [0.25, 0.3) is 0 Å². The molecular weight excluding hydrogens is 377 g/mol. The fraction of sp³-hybridized carbons (Fsp3) is 0.333. The zero-order valence-corrected chi connectivity index (χ0v) is 15.4. The van der Waals surface area contributed by atoms with Crippen molar-refractivity contribution >= 4 is 34.9 Å². The molecule has 0 saturated carbocycles. The predicted molar refractivity (Wildman–Crippen MR) is 104 cm³/mol. The Morgan fingerprint density at radius 1 is 1.21 bits per heavy atom. The number of allylic oxidation sites excluding steroid dienone is 2. The summed E-state index contributed by atoms with van der Waals surface area (Å²) >= 11 is 0. The van der Waals surface area contributed by atoms with Crippen molar-refractivity contribution in [2.45, 2.75) is 18.9 Å². The van der Waals surface area contributed by atoms with Gasteiger partial charge in [0.05, 0.1) is 34.8 Å². The number of aliphatic imine (C=N–C) groups is 1. The molecular formula is C21H18FN3O4. The number of benzene rings is 1. The second-order valence-electron chi connectivity index (χ2n) is 7.66. The van der Waals surface area contributed by atoms with Crippen LogP contribution < -0.4 is 9.80 Å². The fourth-order valence-electron chi connectivity index (χ4n) is 4.56. The van der Waals surface area contributed by atoms with Gasteiger partial charge in [-0.3, -0.25) is 24.3 Å². The number of nitrogens with zero attached hydrogens (tertiary/aromatic N) is 3. The molecule has 0 bridgehead atoms. The van der Waals surface area contributed by atoms with Gasteiger partial charge in [0.1, 0.15) is 5.82 Å². The lowest BCUT2D eigenvalue weighted by Gasteiger charge is -2.34. The number of fused-ring (bicyclic) bond motifs is 4. The molecule has 148 valence electrons. The molecule has 5 rings (SSSR count). The SMILES string of the molecule is O=C1C2=NC3C=CC=C[C@@H]3C(=O)N2c2ccc(F)c(N3CCCC(C(=O)O)C3)c21. The molecule has 1 aromatic rings.